The molecule has 6 heteroatoms. The third kappa shape index (κ3) is 4.67. The summed E-state index contributed by atoms with van der Waals surface area (Å²) >= 11 is 0. The second-order valence-corrected chi connectivity index (χ2v) is 9.04. The number of amides is 1. The Bertz CT molecular complexity index is 1240. The quantitative estimate of drug-likeness (QED) is 0.533. The summed E-state index contributed by atoms with van der Waals surface area (Å²) in [5.41, 5.74) is 3.64. The average Bonchev–Trinajstić information content (AvgIpc) is 3.16. The SMILES string of the molecule is CC(C)(C)OC(=O)N1CC=C(c2ccc3ccn(Cc4ccc(C#N)cc4F)c3c2)CC1. The van der Waals surface area contributed by atoms with Crippen LogP contribution in [0.1, 0.15) is 43.9 Å². The summed E-state index contributed by atoms with van der Waals surface area (Å²) in [6.07, 6.45) is 4.48. The molecule has 32 heavy (non-hydrogen) atoms. The highest BCUT2D eigenvalue weighted by molar-refractivity contribution is 5.85. The molecular formula is C26H26FN3O2. The lowest BCUT2D eigenvalue weighted by Gasteiger charge is -2.29. The number of carbonyl (C=O) groups is 1. The van der Waals surface area contributed by atoms with E-state index in [1.165, 1.54) is 11.6 Å². The van der Waals surface area contributed by atoms with Crippen LogP contribution in [0.15, 0.2) is 54.7 Å². The van der Waals surface area contributed by atoms with E-state index in [2.05, 4.69) is 24.3 Å². The fraction of sp³-hybridized carbons (Fsp3) is 0.308. The van der Waals surface area contributed by atoms with Gasteiger partial charge in [0, 0.05) is 30.4 Å². The number of nitrogens with zero attached hydrogens (tertiary/aromatic N) is 3. The molecule has 3 aromatic rings. The van der Waals surface area contributed by atoms with Crippen molar-refractivity contribution < 1.29 is 13.9 Å². The molecule has 0 unspecified atom stereocenters. The van der Waals surface area contributed by atoms with E-state index in [1.807, 2.05) is 43.7 Å². The molecule has 0 N–H and O–H groups in total. The molecule has 0 saturated carbocycles. The zero-order valence-electron chi connectivity index (χ0n) is 18.6. The average molecular weight is 432 g/mol. The molecule has 0 saturated heterocycles. The highest BCUT2D eigenvalue weighted by Crippen LogP contribution is 2.28. The minimum Gasteiger partial charge on any atom is -0.444 e. The zero-order chi connectivity index (χ0) is 22.9. The van der Waals surface area contributed by atoms with Crippen molar-refractivity contribution in [1.82, 2.24) is 9.47 Å². The van der Waals surface area contributed by atoms with E-state index in [0.29, 0.717) is 30.8 Å². The van der Waals surface area contributed by atoms with E-state index in [0.717, 1.165) is 22.9 Å². The summed E-state index contributed by atoms with van der Waals surface area (Å²) in [6.45, 7) is 7.10. The van der Waals surface area contributed by atoms with Gasteiger partial charge in [-0.1, -0.05) is 24.3 Å². The third-order valence-electron chi connectivity index (χ3n) is 5.53. The molecule has 1 aromatic heterocycles. The number of ether oxygens (including phenoxy) is 1. The lowest BCUT2D eigenvalue weighted by atomic mass is 9.98. The number of aromatic nitrogens is 1. The molecule has 0 radical (unpaired) electrons. The van der Waals surface area contributed by atoms with Gasteiger partial charge in [-0.15, -0.1) is 0 Å². The number of hydrogen-bond donors (Lipinski definition) is 0. The Hall–Kier alpha value is -3.59. The van der Waals surface area contributed by atoms with Crippen molar-refractivity contribution in [1.29, 1.82) is 5.26 Å². The van der Waals surface area contributed by atoms with Gasteiger partial charge in [-0.05, 0) is 68.0 Å². The highest BCUT2D eigenvalue weighted by atomic mass is 19.1. The van der Waals surface area contributed by atoms with Gasteiger partial charge in [0.25, 0.3) is 0 Å². The van der Waals surface area contributed by atoms with Crippen molar-refractivity contribution in [2.45, 2.75) is 39.3 Å². The van der Waals surface area contributed by atoms with Gasteiger partial charge in [-0.25, -0.2) is 9.18 Å². The molecule has 0 spiro atoms. The smallest absolute Gasteiger partial charge is 0.410 e. The van der Waals surface area contributed by atoms with Crippen molar-refractivity contribution in [2.24, 2.45) is 0 Å². The summed E-state index contributed by atoms with van der Waals surface area (Å²) in [4.78, 5) is 14.0. The largest absolute Gasteiger partial charge is 0.444 e. The van der Waals surface area contributed by atoms with Crippen LogP contribution in [0.2, 0.25) is 0 Å². The maximum Gasteiger partial charge on any atom is 0.410 e. The topological polar surface area (TPSA) is 58.3 Å². The Kier molecular flexibility index (Phi) is 5.75. The number of nitriles is 1. The Morgan fingerprint density at radius 1 is 1.19 bits per heavy atom. The van der Waals surface area contributed by atoms with Gasteiger partial charge in [-0.2, -0.15) is 5.26 Å². The Morgan fingerprint density at radius 3 is 2.66 bits per heavy atom. The fourth-order valence-electron chi connectivity index (χ4n) is 3.87. The molecule has 5 nitrogen and oxygen atoms in total. The van der Waals surface area contributed by atoms with E-state index in [9.17, 15) is 9.18 Å². The monoisotopic (exact) mass is 431 g/mol. The predicted octanol–water partition coefficient (Wildman–Crippen LogP) is 5.72. The standard InChI is InChI=1S/C26H26FN3O2/c1-26(2,3)32-25(31)29-11-8-19(9-12-29)21-7-6-20-10-13-30(24(20)15-21)17-22-5-4-18(16-28)14-23(22)27/h4-8,10,13-15H,9,11-12,17H2,1-3H3. The second-order valence-electron chi connectivity index (χ2n) is 9.04. The predicted molar refractivity (Wildman–Crippen MR) is 123 cm³/mol. The van der Waals surface area contributed by atoms with Crippen LogP contribution in [-0.2, 0) is 11.3 Å². The van der Waals surface area contributed by atoms with Crippen LogP contribution in [0.4, 0.5) is 9.18 Å². The molecule has 0 aliphatic carbocycles. The van der Waals surface area contributed by atoms with Crippen molar-refractivity contribution in [3.05, 3.63) is 77.2 Å². The molecule has 2 heterocycles. The molecule has 164 valence electrons. The van der Waals surface area contributed by atoms with E-state index < -0.39 is 5.60 Å². The molecule has 0 fully saturated rings. The van der Waals surface area contributed by atoms with E-state index in [-0.39, 0.29) is 11.9 Å². The Balaban J connectivity index is 1.54. The first-order valence-electron chi connectivity index (χ1n) is 10.7. The summed E-state index contributed by atoms with van der Waals surface area (Å²) in [5.74, 6) is -0.376. The van der Waals surface area contributed by atoms with Crippen LogP contribution >= 0.6 is 0 Å². The van der Waals surface area contributed by atoms with Crippen LogP contribution in [-0.4, -0.2) is 34.3 Å². The molecule has 0 atom stereocenters. The zero-order valence-corrected chi connectivity index (χ0v) is 18.6. The van der Waals surface area contributed by atoms with Crippen molar-refractivity contribution in [2.75, 3.05) is 13.1 Å². The number of benzene rings is 2. The second kappa shape index (κ2) is 8.51. The van der Waals surface area contributed by atoms with Gasteiger partial charge in [-0.3, -0.25) is 0 Å². The molecule has 0 bridgehead atoms. The van der Waals surface area contributed by atoms with Crippen LogP contribution in [0.3, 0.4) is 0 Å². The van der Waals surface area contributed by atoms with Gasteiger partial charge >= 0.3 is 6.09 Å². The highest BCUT2D eigenvalue weighted by Gasteiger charge is 2.24. The molecule has 4 rings (SSSR count). The maximum absolute atomic E-state index is 14.4. The van der Waals surface area contributed by atoms with Crippen LogP contribution < -0.4 is 0 Å². The number of hydrogen-bond acceptors (Lipinski definition) is 3. The van der Waals surface area contributed by atoms with E-state index >= 15 is 0 Å². The lowest BCUT2D eigenvalue weighted by molar-refractivity contribution is 0.0270. The van der Waals surface area contributed by atoms with Gasteiger partial charge in [0.2, 0.25) is 0 Å². The maximum atomic E-state index is 14.4. The van der Waals surface area contributed by atoms with Crippen molar-refractivity contribution in [3.8, 4) is 6.07 Å². The minimum atomic E-state index is -0.508. The van der Waals surface area contributed by atoms with Crippen molar-refractivity contribution in [3.63, 3.8) is 0 Å². The number of halogens is 1. The van der Waals surface area contributed by atoms with E-state index in [1.54, 1.807) is 17.0 Å². The first-order valence-corrected chi connectivity index (χ1v) is 10.7. The Morgan fingerprint density at radius 2 is 2.00 bits per heavy atom. The van der Waals surface area contributed by atoms with Crippen LogP contribution in [0.25, 0.3) is 16.5 Å². The number of rotatable bonds is 3. The van der Waals surface area contributed by atoms with Gasteiger partial charge in [0.1, 0.15) is 11.4 Å². The van der Waals surface area contributed by atoms with Gasteiger partial charge in [0.15, 0.2) is 0 Å². The van der Waals surface area contributed by atoms with Crippen LogP contribution in [0.5, 0.6) is 0 Å². The normalized spacial score (nSPS) is 14.2. The summed E-state index contributed by atoms with van der Waals surface area (Å²) in [5, 5.41) is 10.0. The molecule has 2 aromatic carbocycles. The van der Waals surface area contributed by atoms with Crippen molar-refractivity contribution >= 4 is 22.6 Å². The number of carbonyl (C=O) groups excluding carboxylic acids is 1. The first-order chi connectivity index (χ1) is 15.2. The van der Waals surface area contributed by atoms with Gasteiger partial charge in [0.05, 0.1) is 18.2 Å². The summed E-state index contributed by atoms with van der Waals surface area (Å²) < 4.78 is 21.9. The Labute approximate surface area is 187 Å². The lowest BCUT2D eigenvalue weighted by Crippen LogP contribution is -2.39. The molecule has 1 amide bonds. The summed E-state index contributed by atoms with van der Waals surface area (Å²) in [6, 6.07) is 14.8. The number of fused-ring (bicyclic) bond motifs is 1. The van der Waals surface area contributed by atoms with Crippen LogP contribution in [0, 0.1) is 17.1 Å². The van der Waals surface area contributed by atoms with Gasteiger partial charge < -0.3 is 14.2 Å². The van der Waals surface area contributed by atoms with E-state index in [4.69, 9.17) is 10.00 Å². The molecule has 1 aliphatic heterocycles. The molecular weight excluding hydrogens is 405 g/mol. The first kappa shape index (κ1) is 21.6. The molecule has 1 aliphatic rings. The minimum absolute atomic E-state index is 0.290. The fourth-order valence-corrected chi connectivity index (χ4v) is 3.87. The summed E-state index contributed by atoms with van der Waals surface area (Å²) in [7, 11) is 0. The third-order valence-corrected chi connectivity index (χ3v) is 5.53.